The van der Waals surface area contributed by atoms with Gasteiger partial charge in [0.2, 0.25) is 5.91 Å². The van der Waals surface area contributed by atoms with E-state index in [2.05, 4.69) is 30.9 Å². The van der Waals surface area contributed by atoms with Gasteiger partial charge in [0.1, 0.15) is 0 Å². The van der Waals surface area contributed by atoms with Gasteiger partial charge in [0.05, 0.1) is 0 Å². The van der Waals surface area contributed by atoms with Gasteiger partial charge in [-0.1, -0.05) is 47.5 Å². The Hall–Kier alpha value is -2.26. The Morgan fingerprint density at radius 1 is 1.00 bits per heavy atom. The number of benzene rings is 2. The SMILES string of the molecule is Cc1ccc(C=CC(=O)N2CCN(c3cc(Cl)ccc3C)CC2)cc1. The van der Waals surface area contributed by atoms with Gasteiger partial charge in [-0.25, -0.2) is 0 Å². The molecule has 0 aliphatic carbocycles. The first-order valence-electron chi connectivity index (χ1n) is 8.58. The van der Waals surface area contributed by atoms with E-state index in [-0.39, 0.29) is 5.91 Å². The lowest BCUT2D eigenvalue weighted by Gasteiger charge is -2.36. The fourth-order valence-corrected chi connectivity index (χ4v) is 3.21. The molecule has 0 saturated carbocycles. The van der Waals surface area contributed by atoms with E-state index < -0.39 is 0 Å². The predicted molar refractivity (Wildman–Crippen MR) is 105 cm³/mol. The van der Waals surface area contributed by atoms with E-state index in [1.807, 2.05) is 41.3 Å². The average molecular weight is 355 g/mol. The predicted octanol–water partition coefficient (Wildman–Crippen LogP) is 4.32. The van der Waals surface area contributed by atoms with E-state index in [0.29, 0.717) is 0 Å². The van der Waals surface area contributed by atoms with Gasteiger partial charge in [-0.15, -0.1) is 0 Å². The smallest absolute Gasteiger partial charge is 0.246 e. The van der Waals surface area contributed by atoms with Gasteiger partial charge in [0.15, 0.2) is 0 Å². The van der Waals surface area contributed by atoms with Crippen LogP contribution in [0.4, 0.5) is 5.69 Å². The monoisotopic (exact) mass is 354 g/mol. The van der Waals surface area contributed by atoms with Gasteiger partial charge >= 0.3 is 0 Å². The van der Waals surface area contributed by atoms with Crippen molar-refractivity contribution in [3.05, 3.63) is 70.3 Å². The van der Waals surface area contributed by atoms with Crippen LogP contribution in [0.25, 0.3) is 6.08 Å². The van der Waals surface area contributed by atoms with E-state index in [4.69, 9.17) is 11.6 Å². The summed E-state index contributed by atoms with van der Waals surface area (Å²) in [5, 5.41) is 0.750. The third-order valence-electron chi connectivity index (χ3n) is 4.60. The highest BCUT2D eigenvalue weighted by Gasteiger charge is 2.20. The zero-order valence-corrected chi connectivity index (χ0v) is 15.5. The number of halogens is 1. The lowest BCUT2D eigenvalue weighted by atomic mass is 10.1. The van der Waals surface area contributed by atoms with Gasteiger partial charge in [-0.05, 0) is 43.2 Å². The van der Waals surface area contributed by atoms with Gasteiger partial charge < -0.3 is 9.80 Å². The van der Waals surface area contributed by atoms with Crippen LogP contribution in [0, 0.1) is 13.8 Å². The van der Waals surface area contributed by atoms with Gasteiger partial charge in [0, 0.05) is 43.0 Å². The van der Waals surface area contributed by atoms with Crippen LogP contribution in [-0.4, -0.2) is 37.0 Å². The van der Waals surface area contributed by atoms with Gasteiger partial charge in [-0.2, -0.15) is 0 Å². The van der Waals surface area contributed by atoms with Crippen molar-refractivity contribution in [1.82, 2.24) is 4.90 Å². The molecule has 25 heavy (non-hydrogen) atoms. The Labute approximate surface area is 154 Å². The Kier molecular flexibility index (Phi) is 5.44. The van der Waals surface area contributed by atoms with Crippen molar-refractivity contribution in [2.45, 2.75) is 13.8 Å². The van der Waals surface area contributed by atoms with Crippen LogP contribution in [0.15, 0.2) is 48.5 Å². The number of hydrogen-bond acceptors (Lipinski definition) is 2. The number of carbonyl (C=O) groups excluding carboxylic acids is 1. The molecule has 1 heterocycles. The number of carbonyl (C=O) groups is 1. The third kappa shape index (κ3) is 4.43. The molecule has 0 N–H and O–H groups in total. The summed E-state index contributed by atoms with van der Waals surface area (Å²) in [5.74, 6) is 0.0723. The maximum atomic E-state index is 12.4. The molecule has 4 heteroatoms. The first-order chi connectivity index (χ1) is 12.0. The van der Waals surface area contributed by atoms with E-state index in [1.165, 1.54) is 11.1 Å². The second-order valence-electron chi connectivity index (χ2n) is 6.49. The molecule has 0 bridgehead atoms. The summed E-state index contributed by atoms with van der Waals surface area (Å²) in [6.07, 6.45) is 3.56. The van der Waals surface area contributed by atoms with Crippen molar-refractivity contribution in [1.29, 1.82) is 0 Å². The number of aryl methyl sites for hydroxylation is 2. The standard InChI is InChI=1S/C21H23ClN2O/c1-16-3-6-18(7-4-16)8-10-21(25)24-13-11-23(12-14-24)20-15-19(22)9-5-17(20)2/h3-10,15H,11-14H2,1-2H3. The van der Waals surface area contributed by atoms with Crippen molar-refractivity contribution in [3.63, 3.8) is 0 Å². The molecule has 1 fully saturated rings. The summed E-state index contributed by atoms with van der Waals surface area (Å²) in [6, 6.07) is 14.1. The minimum absolute atomic E-state index is 0.0723. The number of amides is 1. The van der Waals surface area contributed by atoms with E-state index >= 15 is 0 Å². The van der Waals surface area contributed by atoms with E-state index in [0.717, 1.165) is 42.5 Å². The lowest BCUT2D eigenvalue weighted by Crippen LogP contribution is -2.48. The molecule has 0 unspecified atom stereocenters. The Balaban J connectivity index is 1.59. The number of rotatable bonds is 3. The minimum Gasteiger partial charge on any atom is -0.368 e. The van der Waals surface area contributed by atoms with Crippen molar-refractivity contribution in [2.24, 2.45) is 0 Å². The summed E-state index contributed by atoms with van der Waals surface area (Å²) >= 11 is 6.12. The molecule has 0 aromatic heterocycles. The quantitative estimate of drug-likeness (QED) is 0.766. The van der Waals surface area contributed by atoms with Crippen molar-refractivity contribution in [3.8, 4) is 0 Å². The highest BCUT2D eigenvalue weighted by molar-refractivity contribution is 6.30. The normalized spacial score (nSPS) is 15.0. The number of piperazine rings is 1. The summed E-state index contributed by atoms with van der Waals surface area (Å²) in [5.41, 5.74) is 4.64. The second kappa shape index (κ2) is 7.75. The van der Waals surface area contributed by atoms with Crippen LogP contribution >= 0.6 is 11.6 Å². The molecule has 3 nitrogen and oxygen atoms in total. The topological polar surface area (TPSA) is 23.6 Å². The Morgan fingerprint density at radius 3 is 2.36 bits per heavy atom. The van der Waals surface area contributed by atoms with Crippen LogP contribution in [0.5, 0.6) is 0 Å². The fraction of sp³-hybridized carbons (Fsp3) is 0.286. The van der Waals surface area contributed by atoms with Crippen molar-refractivity contribution < 1.29 is 4.79 Å². The second-order valence-corrected chi connectivity index (χ2v) is 6.92. The zero-order valence-electron chi connectivity index (χ0n) is 14.7. The molecule has 1 amide bonds. The Bertz CT molecular complexity index is 775. The largest absolute Gasteiger partial charge is 0.368 e. The zero-order chi connectivity index (χ0) is 17.8. The average Bonchev–Trinajstić information content (AvgIpc) is 2.63. The molecule has 3 rings (SSSR count). The van der Waals surface area contributed by atoms with Crippen molar-refractivity contribution in [2.75, 3.05) is 31.1 Å². The summed E-state index contributed by atoms with van der Waals surface area (Å²) in [7, 11) is 0. The number of hydrogen-bond donors (Lipinski definition) is 0. The molecule has 0 spiro atoms. The molecule has 2 aromatic rings. The van der Waals surface area contributed by atoms with E-state index in [9.17, 15) is 4.79 Å². The third-order valence-corrected chi connectivity index (χ3v) is 4.83. The van der Waals surface area contributed by atoms with Gasteiger partial charge in [0.25, 0.3) is 0 Å². The van der Waals surface area contributed by atoms with Crippen LogP contribution in [0.1, 0.15) is 16.7 Å². The number of anilines is 1. The summed E-state index contributed by atoms with van der Waals surface area (Å²) < 4.78 is 0. The Morgan fingerprint density at radius 2 is 1.68 bits per heavy atom. The maximum absolute atomic E-state index is 12.4. The van der Waals surface area contributed by atoms with Crippen LogP contribution in [0.2, 0.25) is 5.02 Å². The van der Waals surface area contributed by atoms with Crippen LogP contribution in [-0.2, 0) is 4.79 Å². The molecule has 130 valence electrons. The maximum Gasteiger partial charge on any atom is 0.246 e. The lowest BCUT2D eigenvalue weighted by molar-refractivity contribution is -0.126. The molecule has 0 atom stereocenters. The van der Waals surface area contributed by atoms with Crippen molar-refractivity contribution >= 4 is 29.3 Å². The molecule has 0 radical (unpaired) electrons. The molecule has 1 saturated heterocycles. The summed E-state index contributed by atoms with van der Waals surface area (Å²) in [6.45, 7) is 7.25. The molecule has 2 aromatic carbocycles. The first kappa shape index (κ1) is 17.6. The van der Waals surface area contributed by atoms with E-state index in [1.54, 1.807) is 6.08 Å². The number of nitrogens with zero attached hydrogens (tertiary/aromatic N) is 2. The minimum atomic E-state index is 0.0723. The first-order valence-corrected chi connectivity index (χ1v) is 8.95. The van der Waals surface area contributed by atoms with Gasteiger partial charge in [-0.3, -0.25) is 4.79 Å². The van der Waals surface area contributed by atoms with Crippen LogP contribution < -0.4 is 4.90 Å². The fourth-order valence-electron chi connectivity index (χ4n) is 3.04. The summed E-state index contributed by atoms with van der Waals surface area (Å²) in [4.78, 5) is 16.6. The molecule has 1 aliphatic heterocycles. The highest BCUT2D eigenvalue weighted by Crippen LogP contribution is 2.25. The molecular weight excluding hydrogens is 332 g/mol. The van der Waals surface area contributed by atoms with Crippen LogP contribution in [0.3, 0.4) is 0 Å². The molecular formula is C21H23ClN2O. The highest BCUT2D eigenvalue weighted by atomic mass is 35.5. The molecule has 1 aliphatic rings.